The second-order valence-electron chi connectivity index (χ2n) is 3.49. The SMILES string of the molecule is N#Cc1cccc(NC(=O)c2cccc(Cl)n2)c1. The maximum atomic E-state index is 11.9. The van der Waals surface area contributed by atoms with Crippen LogP contribution in [0.2, 0.25) is 5.15 Å². The van der Waals surface area contributed by atoms with Gasteiger partial charge in [-0.3, -0.25) is 4.79 Å². The monoisotopic (exact) mass is 257 g/mol. The maximum Gasteiger partial charge on any atom is 0.274 e. The van der Waals surface area contributed by atoms with Gasteiger partial charge in [-0.25, -0.2) is 4.98 Å². The molecular formula is C13H8ClN3O. The summed E-state index contributed by atoms with van der Waals surface area (Å²) in [5.74, 6) is -0.368. The average Bonchev–Trinajstić information content (AvgIpc) is 2.39. The topological polar surface area (TPSA) is 65.8 Å². The Labute approximate surface area is 109 Å². The lowest BCUT2D eigenvalue weighted by atomic mass is 10.2. The first kappa shape index (κ1) is 12.1. The first-order valence-electron chi connectivity index (χ1n) is 5.13. The second kappa shape index (κ2) is 5.30. The molecule has 1 heterocycles. The average molecular weight is 258 g/mol. The second-order valence-corrected chi connectivity index (χ2v) is 3.88. The Bertz CT molecular complexity index is 634. The number of amides is 1. The Morgan fingerprint density at radius 1 is 1.28 bits per heavy atom. The van der Waals surface area contributed by atoms with E-state index in [0.717, 1.165) is 0 Å². The largest absolute Gasteiger partial charge is 0.321 e. The molecule has 0 aliphatic heterocycles. The van der Waals surface area contributed by atoms with Gasteiger partial charge in [0.25, 0.3) is 5.91 Å². The van der Waals surface area contributed by atoms with Crippen LogP contribution in [0.15, 0.2) is 42.5 Å². The third-order valence-electron chi connectivity index (χ3n) is 2.20. The normalized spacial score (nSPS) is 9.56. The quantitative estimate of drug-likeness (QED) is 0.842. The highest BCUT2D eigenvalue weighted by molar-refractivity contribution is 6.29. The number of hydrogen-bond donors (Lipinski definition) is 1. The van der Waals surface area contributed by atoms with Crippen molar-refractivity contribution in [1.29, 1.82) is 5.26 Å². The van der Waals surface area contributed by atoms with Crippen molar-refractivity contribution in [1.82, 2.24) is 4.98 Å². The van der Waals surface area contributed by atoms with Gasteiger partial charge in [0, 0.05) is 5.69 Å². The lowest BCUT2D eigenvalue weighted by Crippen LogP contribution is -2.13. The number of aromatic nitrogens is 1. The van der Waals surface area contributed by atoms with Gasteiger partial charge in [-0.15, -0.1) is 0 Å². The highest BCUT2D eigenvalue weighted by Crippen LogP contribution is 2.12. The maximum absolute atomic E-state index is 11.9. The van der Waals surface area contributed by atoms with E-state index in [1.807, 2.05) is 6.07 Å². The minimum absolute atomic E-state index is 0.227. The molecule has 2 rings (SSSR count). The lowest BCUT2D eigenvalue weighted by molar-refractivity contribution is 0.102. The molecule has 2 aromatic rings. The summed E-state index contributed by atoms with van der Waals surface area (Å²) in [5, 5.41) is 11.7. The van der Waals surface area contributed by atoms with E-state index in [0.29, 0.717) is 11.3 Å². The van der Waals surface area contributed by atoms with E-state index in [9.17, 15) is 4.79 Å². The van der Waals surface area contributed by atoms with Crippen LogP contribution in [0.5, 0.6) is 0 Å². The zero-order valence-corrected chi connectivity index (χ0v) is 9.98. The molecule has 1 aromatic heterocycles. The highest BCUT2D eigenvalue weighted by atomic mass is 35.5. The Morgan fingerprint density at radius 2 is 2.06 bits per heavy atom. The highest BCUT2D eigenvalue weighted by Gasteiger charge is 2.08. The molecule has 0 unspecified atom stereocenters. The van der Waals surface area contributed by atoms with Gasteiger partial charge < -0.3 is 5.32 Å². The zero-order valence-electron chi connectivity index (χ0n) is 9.22. The number of anilines is 1. The van der Waals surface area contributed by atoms with E-state index < -0.39 is 0 Å². The molecule has 0 radical (unpaired) electrons. The summed E-state index contributed by atoms with van der Waals surface area (Å²) in [7, 11) is 0. The fraction of sp³-hybridized carbons (Fsp3) is 0. The molecule has 1 aromatic carbocycles. The molecule has 88 valence electrons. The van der Waals surface area contributed by atoms with Crippen molar-refractivity contribution in [2.75, 3.05) is 5.32 Å². The summed E-state index contributed by atoms with van der Waals surface area (Å²) in [6.07, 6.45) is 0. The van der Waals surface area contributed by atoms with Crippen molar-refractivity contribution in [2.24, 2.45) is 0 Å². The number of carbonyl (C=O) groups excluding carboxylic acids is 1. The van der Waals surface area contributed by atoms with E-state index in [1.165, 1.54) is 0 Å². The first-order chi connectivity index (χ1) is 8.69. The van der Waals surface area contributed by atoms with E-state index in [1.54, 1.807) is 42.5 Å². The molecule has 18 heavy (non-hydrogen) atoms. The van der Waals surface area contributed by atoms with Crippen molar-refractivity contribution < 1.29 is 4.79 Å². The smallest absolute Gasteiger partial charge is 0.274 e. The number of nitriles is 1. The van der Waals surface area contributed by atoms with Gasteiger partial charge in [-0.05, 0) is 30.3 Å². The molecule has 0 atom stereocenters. The van der Waals surface area contributed by atoms with Crippen molar-refractivity contribution >= 4 is 23.2 Å². The molecule has 0 bridgehead atoms. The lowest BCUT2D eigenvalue weighted by Gasteiger charge is -2.04. The van der Waals surface area contributed by atoms with Crippen molar-refractivity contribution in [2.45, 2.75) is 0 Å². The Kier molecular flexibility index (Phi) is 3.56. The third-order valence-corrected chi connectivity index (χ3v) is 2.41. The molecular weight excluding hydrogens is 250 g/mol. The predicted octanol–water partition coefficient (Wildman–Crippen LogP) is 2.86. The minimum Gasteiger partial charge on any atom is -0.321 e. The first-order valence-corrected chi connectivity index (χ1v) is 5.51. The summed E-state index contributed by atoms with van der Waals surface area (Å²) in [6.45, 7) is 0. The molecule has 0 spiro atoms. The fourth-order valence-electron chi connectivity index (χ4n) is 1.40. The van der Waals surface area contributed by atoms with Crippen LogP contribution in [0.3, 0.4) is 0 Å². The van der Waals surface area contributed by atoms with Crippen molar-refractivity contribution in [3.8, 4) is 6.07 Å². The van der Waals surface area contributed by atoms with Crippen LogP contribution in [0.4, 0.5) is 5.69 Å². The summed E-state index contributed by atoms with van der Waals surface area (Å²) in [5.41, 5.74) is 1.25. The number of hydrogen-bond acceptors (Lipinski definition) is 3. The van der Waals surface area contributed by atoms with Gasteiger partial charge in [-0.2, -0.15) is 5.26 Å². The van der Waals surface area contributed by atoms with E-state index in [4.69, 9.17) is 16.9 Å². The zero-order chi connectivity index (χ0) is 13.0. The number of rotatable bonds is 2. The summed E-state index contributed by atoms with van der Waals surface area (Å²) in [4.78, 5) is 15.8. The van der Waals surface area contributed by atoms with Crippen LogP contribution in [0, 0.1) is 11.3 Å². The van der Waals surface area contributed by atoms with Crippen LogP contribution < -0.4 is 5.32 Å². The predicted molar refractivity (Wildman–Crippen MR) is 68.4 cm³/mol. The summed E-state index contributed by atoms with van der Waals surface area (Å²) >= 11 is 5.71. The van der Waals surface area contributed by atoms with Crippen LogP contribution in [0.25, 0.3) is 0 Å². The Hall–Kier alpha value is -2.38. The molecule has 0 aliphatic rings. The van der Waals surface area contributed by atoms with Gasteiger partial charge in [-0.1, -0.05) is 23.7 Å². The fourth-order valence-corrected chi connectivity index (χ4v) is 1.56. The molecule has 0 saturated heterocycles. The van der Waals surface area contributed by atoms with Gasteiger partial charge in [0.1, 0.15) is 10.8 Å². The van der Waals surface area contributed by atoms with Gasteiger partial charge in [0.2, 0.25) is 0 Å². The van der Waals surface area contributed by atoms with Crippen LogP contribution in [-0.4, -0.2) is 10.9 Å². The Balaban J connectivity index is 2.19. The molecule has 0 fully saturated rings. The number of nitrogens with zero attached hydrogens (tertiary/aromatic N) is 2. The Morgan fingerprint density at radius 3 is 2.78 bits per heavy atom. The number of nitrogens with one attached hydrogen (secondary N) is 1. The van der Waals surface area contributed by atoms with Gasteiger partial charge >= 0.3 is 0 Å². The molecule has 4 nitrogen and oxygen atoms in total. The molecule has 1 amide bonds. The van der Waals surface area contributed by atoms with E-state index >= 15 is 0 Å². The van der Waals surface area contributed by atoms with Crippen LogP contribution in [-0.2, 0) is 0 Å². The molecule has 0 saturated carbocycles. The van der Waals surface area contributed by atoms with E-state index in [-0.39, 0.29) is 16.8 Å². The molecule has 5 heteroatoms. The number of carbonyl (C=O) groups is 1. The summed E-state index contributed by atoms with van der Waals surface area (Å²) < 4.78 is 0. The van der Waals surface area contributed by atoms with Gasteiger partial charge in [0.05, 0.1) is 11.6 Å². The standard InChI is InChI=1S/C13H8ClN3O/c14-12-6-2-5-11(17-12)13(18)16-10-4-1-3-9(7-10)8-15/h1-7H,(H,16,18). The van der Waals surface area contributed by atoms with Crippen molar-refractivity contribution in [3.63, 3.8) is 0 Å². The van der Waals surface area contributed by atoms with Crippen LogP contribution in [0.1, 0.15) is 16.1 Å². The van der Waals surface area contributed by atoms with Crippen molar-refractivity contribution in [3.05, 3.63) is 58.9 Å². The molecule has 1 N–H and O–H groups in total. The number of benzene rings is 1. The molecule has 0 aliphatic carbocycles. The minimum atomic E-state index is -0.368. The van der Waals surface area contributed by atoms with Gasteiger partial charge in [0.15, 0.2) is 0 Å². The number of halogens is 1. The van der Waals surface area contributed by atoms with Crippen LogP contribution >= 0.6 is 11.6 Å². The van der Waals surface area contributed by atoms with E-state index in [2.05, 4.69) is 10.3 Å². The number of pyridine rings is 1. The summed E-state index contributed by atoms with van der Waals surface area (Å²) in [6, 6.07) is 13.4. The third kappa shape index (κ3) is 2.84.